The monoisotopic (exact) mass is 500 g/mol. The second-order valence-corrected chi connectivity index (χ2v) is 9.06. The fourth-order valence-corrected chi connectivity index (χ4v) is 4.51. The van der Waals surface area contributed by atoms with Crippen molar-refractivity contribution in [3.8, 4) is 17.0 Å². The normalized spacial score (nSPS) is 13.5. The molecular formula is C27H28N6O4. The van der Waals surface area contributed by atoms with Crippen LogP contribution in [0.4, 0.5) is 0 Å². The Balaban J connectivity index is 1.51. The third-order valence-corrected chi connectivity index (χ3v) is 6.39. The molecule has 1 aliphatic rings. The molecule has 0 aliphatic carbocycles. The van der Waals surface area contributed by atoms with Gasteiger partial charge in [-0.25, -0.2) is 4.98 Å². The molecule has 5 rings (SSSR count). The third-order valence-electron chi connectivity index (χ3n) is 6.39. The molecule has 4 heterocycles. The van der Waals surface area contributed by atoms with E-state index in [4.69, 9.17) is 9.15 Å². The molecule has 4 aromatic rings. The average Bonchev–Trinajstić information content (AvgIpc) is 3.60. The zero-order valence-electron chi connectivity index (χ0n) is 21.0. The van der Waals surface area contributed by atoms with Crippen molar-refractivity contribution in [1.82, 2.24) is 29.8 Å². The maximum absolute atomic E-state index is 13.0. The Labute approximate surface area is 214 Å². The van der Waals surface area contributed by atoms with Crippen LogP contribution in [-0.4, -0.2) is 75.9 Å². The summed E-state index contributed by atoms with van der Waals surface area (Å²) in [6.07, 6.45) is 8.29. The Kier molecular flexibility index (Phi) is 6.72. The van der Waals surface area contributed by atoms with Crippen molar-refractivity contribution in [3.05, 3.63) is 66.3 Å². The van der Waals surface area contributed by atoms with Crippen LogP contribution in [0.3, 0.4) is 0 Å². The minimum absolute atomic E-state index is 0.0681. The quantitative estimate of drug-likeness (QED) is 0.382. The molecular weight excluding hydrogens is 472 g/mol. The summed E-state index contributed by atoms with van der Waals surface area (Å²) < 4.78 is 13.3. The van der Waals surface area contributed by atoms with Gasteiger partial charge >= 0.3 is 0 Å². The molecule has 10 heteroatoms. The van der Waals surface area contributed by atoms with E-state index in [-0.39, 0.29) is 17.6 Å². The molecule has 0 radical (unpaired) electrons. The zero-order chi connectivity index (χ0) is 25.9. The van der Waals surface area contributed by atoms with Crippen molar-refractivity contribution in [2.24, 2.45) is 0 Å². The van der Waals surface area contributed by atoms with Crippen LogP contribution < -0.4 is 4.74 Å². The molecule has 0 spiro atoms. The number of pyridine rings is 1. The van der Waals surface area contributed by atoms with E-state index < -0.39 is 0 Å². The van der Waals surface area contributed by atoms with E-state index in [1.165, 1.54) is 4.90 Å². The molecule has 10 nitrogen and oxygen atoms in total. The van der Waals surface area contributed by atoms with Gasteiger partial charge in [-0.3, -0.25) is 14.3 Å². The molecule has 0 bridgehead atoms. The molecule has 0 fully saturated rings. The Hall–Kier alpha value is -4.47. The second kappa shape index (κ2) is 10.3. The maximum Gasteiger partial charge on any atom is 0.289 e. The first kappa shape index (κ1) is 24.2. The van der Waals surface area contributed by atoms with Gasteiger partial charge in [0, 0.05) is 62.5 Å². The predicted molar refractivity (Wildman–Crippen MR) is 138 cm³/mol. The number of methoxy groups -OCH3 is 1. The van der Waals surface area contributed by atoms with Crippen LogP contribution in [0.1, 0.15) is 29.0 Å². The van der Waals surface area contributed by atoms with Gasteiger partial charge in [0.25, 0.3) is 5.91 Å². The SMILES string of the molecule is COc1ncccc1-c1cc(C2=CCCN(C(=O)CCn3ccnn3)C2)cc2cc(C(=O)N(C)C)oc12. The number of nitrogens with zero attached hydrogens (tertiary/aromatic N) is 6. The van der Waals surface area contributed by atoms with Gasteiger partial charge in [0.1, 0.15) is 5.58 Å². The molecule has 37 heavy (non-hydrogen) atoms. The molecule has 0 atom stereocenters. The van der Waals surface area contributed by atoms with Gasteiger partial charge in [-0.2, -0.15) is 0 Å². The highest BCUT2D eigenvalue weighted by Crippen LogP contribution is 2.38. The van der Waals surface area contributed by atoms with Crippen LogP contribution in [0.2, 0.25) is 0 Å². The molecule has 0 saturated heterocycles. The highest BCUT2D eigenvalue weighted by molar-refractivity contribution is 6.02. The smallest absolute Gasteiger partial charge is 0.289 e. The summed E-state index contributed by atoms with van der Waals surface area (Å²) in [4.78, 5) is 33.3. The summed E-state index contributed by atoms with van der Waals surface area (Å²) in [5, 5.41) is 8.52. The van der Waals surface area contributed by atoms with Crippen molar-refractivity contribution in [1.29, 1.82) is 0 Å². The van der Waals surface area contributed by atoms with Crippen LogP contribution in [-0.2, 0) is 11.3 Å². The van der Waals surface area contributed by atoms with Gasteiger partial charge in [0.15, 0.2) is 5.76 Å². The fourth-order valence-electron chi connectivity index (χ4n) is 4.51. The van der Waals surface area contributed by atoms with Gasteiger partial charge in [-0.15, -0.1) is 5.10 Å². The van der Waals surface area contributed by atoms with Gasteiger partial charge in [-0.05, 0) is 47.9 Å². The lowest BCUT2D eigenvalue weighted by atomic mass is 9.95. The molecule has 3 aromatic heterocycles. The van der Waals surface area contributed by atoms with Gasteiger partial charge in [0.05, 0.1) is 19.9 Å². The molecule has 0 saturated carbocycles. The number of benzene rings is 1. The number of amides is 2. The van der Waals surface area contributed by atoms with E-state index in [0.29, 0.717) is 37.5 Å². The van der Waals surface area contributed by atoms with E-state index in [9.17, 15) is 9.59 Å². The van der Waals surface area contributed by atoms with Crippen molar-refractivity contribution in [3.63, 3.8) is 0 Å². The van der Waals surface area contributed by atoms with E-state index in [1.807, 2.05) is 29.2 Å². The fraction of sp³-hybridized carbons (Fsp3) is 0.296. The number of ether oxygens (including phenoxy) is 1. The number of fused-ring (bicyclic) bond motifs is 1. The Morgan fingerprint density at radius 1 is 1.16 bits per heavy atom. The number of furan rings is 1. The number of hydrogen-bond donors (Lipinski definition) is 0. The van der Waals surface area contributed by atoms with Crippen LogP contribution >= 0.6 is 0 Å². The van der Waals surface area contributed by atoms with E-state index >= 15 is 0 Å². The van der Waals surface area contributed by atoms with Gasteiger partial charge < -0.3 is 19.0 Å². The highest BCUT2D eigenvalue weighted by atomic mass is 16.5. The van der Waals surface area contributed by atoms with Crippen molar-refractivity contribution < 1.29 is 18.7 Å². The molecule has 1 aliphatic heterocycles. The first-order valence-electron chi connectivity index (χ1n) is 12.0. The molecule has 1 aromatic carbocycles. The first-order chi connectivity index (χ1) is 17.9. The molecule has 190 valence electrons. The van der Waals surface area contributed by atoms with Gasteiger partial charge in [0.2, 0.25) is 11.8 Å². The summed E-state index contributed by atoms with van der Waals surface area (Å²) in [7, 11) is 4.95. The van der Waals surface area contributed by atoms with Crippen molar-refractivity contribution >= 4 is 28.4 Å². The minimum atomic E-state index is -0.220. The first-order valence-corrected chi connectivity index (χ1v) is 12.0. The van der Waals surface area contributed by atoms with Gasteiger partial charge in [-0.1, -0.05) is 11.3 Å². The largest absolute Gasteiger partial charge is 0.481 e. The lowest BCUT2D eigenvalue weighted by Crippen LogP contribution is -2.35. The Morgan fingerprint density at radius 3 is 2.78 bits per heavy atom. The van der Waals surface area contributed by atoms with Crippen molar-refractivity contribution in [2.75, 3.05) is 34.3 Å². The number of carbonyl (C=O) groups is 2. The Morgan fingerprint density at radius 2 is 2.03 bits per heavy atom. The second-order valence-electron chi connectivity index (χ2n) is 9.06. The lowest BCUT2D eigenvalue weighted by molar-refractivity contribution is -0.131. The lowest BCUT2D eigenvalue weighted by Gasteiger charge is -2.28. The summed E-state index contributed by atoms with van der Waals surface area (Å²) in [5.41, 5.74) is 4.09. The number of carbonyl (C=O) groups excluding carboxylic acids is 2. The highest BCUT2D eigenvalue weighted by Gasteiger charge is 2.23. The summed E-state index contributed by atoms with van der Waals surface area (Å²) >= 11 is 0. The number of aromatic nitrogens is 4. The van der Waals surface area contributed by atoms with Crippen LogP contribution in [0, 0.1) is 0 Å². The minimum Gasteiger partial charge on any atom is -0.481 e. The van der Waals surface area contributed by atoms with E-state index in [1.54, 1.807) is 50.5 Å². The van der Waals surface area contributed by atoms with Crippen LogP contribution in [0.25, 0.3) is 27.7 Å². The van der Waals surface area contributed by atoms with E-state index in [2.05, 4.69) is 21.4 Å². The zero-order valence-corrected chi connectivity index (χ0v) is 21.0. The number of aryl methyl sites for hydroxylation is 1. The van der Waals surface area contributed by atoms with Crippen LogP contribution in [0.15, 0.2) is 59.4 Å². The molecule has 0 N–H and O–H groups in total. The predicted octanol–water partition coefficient (Wildman–Crippen LogP) is 3.50. The Bertz CT molecular complexity index is 1470. The summed E-state index contributed by atoms with van der Waals surface area (Å²) in [5.74, 6) is 0.561. The third kappa shape index (κ3) is 4.95. The maximum atomic E-state index is 13.0. The van der Waals surface area contributed by atoms with Crippen molar-refractivity contribution in [2.45, 2.75) is 19.4 Å². The topological polar surface area (TPSA) is 107 Å². The standard InChI is InChI=1S/C27H28N6O4/c1-31(2)27(35)23-16-20-14-19(15-22(25(20)37-23)21-7-4-9-28-26(21)36-3)18-6-5-11-32(17-18)24(34)8-12-33-13-10-29-30-33/h4,6-7,9-10,13-16H,5,8,11-12,17H2,1-3H3. The molecule has 0 unspecified atom stereocenters. The van der Waals surface area contributed by atoms with E-state index in [0.717, 1.165) is 34.1 Å². The number of hydrogen-bond acceptors (Lipinski definition) is 7. The molecule has 2 amide bonds. The number of rotatable bonds is 7. The van der Waals surface area contributed by atoms with Crippen LogP contribution in [0.5, 0.6) is 5.88 Å². The average molecular weight is 501 g/mol. The summed E-state index contributed by atoms with van der Waals surface area (Å²) in [6.45, 7) is 1.65. The summed E-state index contributed by atoms with van der Waals surface area (Å²) in [6, 6.07) is 9.53.